The molecule has 0 heterocycles. The molecular formula is C20H21NO4. The Balaban J connectivity index is 1.52. The van der Waals surface area contributed by atoms with Crippen molar-refractivity contribution in [3.8, 4) is 16.9 Å². The van der Waals surface area contributed by atoms with Gasteiger partial charge in [0.1, 0.15) is 5.75 Å². The zero-order chi connectivity index (χ0) is 17.8. The van der Waals surface area contributed by atoms with Crippen molar-refractivity contribution in [1.82, 2.24) is 5.32 Å². The van der Waals surface area contributed by atoms with Crippen molar-refractivity contribution in [2.75, 3.05) is 0 Å². The van der Waals surface area contributed by atoms with Crippen LogP contribution in [0.4, 0.5) is 0 Å². The van der Waals surface area contributed by atoms with Crippen molar-refractivity contribution in [1.29, 1.82) is 0 Å². The van der Waals surface area contributed by atoms with Crippen molar-refractivity contribution in [2.45, 2.75) is 31.9 Å². The molecule has 1 aliphatic rings. The van der Waals surface area contributed by atoms with Crippen LogP contribution in [0.3, 0.4) is 0 Å². The summed E-state index contributed by atoms with van der Waals surface area (Å²) in [6.07, 6.45) is 0.338. The average molecular weight is 339 g/mol. The minimum Gasteiger partial charge on any atom is -0.481 e. The third kappa shape index (κ3) is 4.18. The van der Waals surface area contributed by atoms with E-state index in [0.717, 1.165) is 11.1 Å². The van der Waals surface area contributed by atoms with Crippen LogP contribution in [0, 0.1) is 5.92 Å². The molecule has 0 saturated heterocycles. The summed E-state index contributed by atoms with van der Waals surface area (Å²) >= 11 is 0. The Morgan fingerprint density at radius 3 is 2.24 bits per heavy atom. The molecule has 1 unspecified atom stereocenters. The number of ether oxygens (including phenoxy) is 1. The lowest BCUT2D eigenvalue weighted by atomic mass is 9.80. The largest absolute Gasteiger partial charge is 0.481 e. The maximum absolute atomic E-state index is 12.1. The predicted molar refractivity (Wildman–Crippen MR) is 94.3 cm³/mol. The van der Waals surface area contributed by atoms with Crippen LogP contribution in [0.1, 0.15) is 19.8 Å². The number of carbonyl (C=O) groups is 2. The number of amides is 1. The molecule has 5 heteroatoms. The minimum atomic E-state index is -0.798. The van der Waals surface area contributed by atoms with E-state index in [4.69, 9.17) is 9.84 Å². The third-order valence-corrected chi connectivity index (χ3v) is 4.48. The number of carboxylic acids is 1. The molecule has 0 aliphatic heterocycles. The number of aliphatic carboxylic acids is 1. The summed E-state index contributed by atoms with van der Waals surface area (Å²) in [5.41, 5.74) is 2.21. The lowest BCUT2D eigenvalue weighted by Crippen LogP contribution is -2.50. The van der Waals surface area contributed by atoms with E-state index in [0.29, 0.717) is 18.6 Å². The SMILES string of the molecule is CC(Oc1ccc(-c2ccccc2)cc1)C(=O)NC1CC(C(=O)O)C1. The van der Waals surface area contributed by atoms with Gasteiger partial charge in [0.05, 0.1) is 5.92 Å². The van der Waals surface area contributed by atoms with Gasteiger partial charge in [-0.3, -0.25) is 9.59 Å². The lowest BCUT2D eigenvalue weighted by Gasteiger charge is -2.33. The van der Waals surface area contributed by atoms with Gasteiger partial charge in [-0.15, -0.1) is 0 Å². The maximum Gasteiger partial charge on any atom is 0.306 e. The first-order chi connectivity index (χ1) is 12.0. The lowest BCUT2D eigenvalue weighted by molar-refractivity contribution is -0.146. The fourth-order valence-corrected chi connectivity index (χ4v) is 2.87. The highest BCUT2D eigenvalue weighted by Crippen LogP contribution is 2.27. The minimum absolute atomic E-state index is 0.0693. The quantitative estimate of drug-likeness (QED) is 0.848. The molecule has 1 aliphatic carbocycles. The van der Waals surface area contributed by atoms with Gasteiger partial charge in [0.25, 0.3) is 5.91 Å². The average Bonchev–Trinajstić information content (AvgIpc) is 2.58. The molecule has 3 rings (SSSR count). The molecule has 2 N–H and O–H groups in total. The van der Waals surface area contributed by atoms with Crippen molar-refractivity contribution < 1.29 is 19.4 Å². The summed E-state index contributed by atoms with van der Waals surface area (Å²) in [7, 11) is 0. The normalized spacial score (nSPS) is 20.2. The van der Waals surface area contributed by atoms with Crippen molar-refractivity contribution in [3.05, 3.63) is 54.6 Å². The monoisotopic (exact) mass is 339 g/mol. The van der Waals surface area contributed by atoms with Crippen LogP contribution >= 0.6 is 0 Å². The molecule has 0 radical (unpaired) electrons. The highest BCUT2D eigenvalue weighted by atomic mass is 16.5. The molecule has 130 valence electrons. The Kier molecular flexibility index (Phi) is 5.03. The number of carbonyl (C=O) groups excluding carboxylic acids is 1. The number of rotatable bonds is 6. The Hall–Kier alpha value is -2.82. The highest BCUT2D eigenvalue weighted by molar-refractivity contribution is 5.81. The van der Waals surface area contributed by atoms with Crippen LogP contribution in [0.5, 0.6) is 5.75 Å². The van der Waals surface area contributed by atoms with Gasteiger partial charge in [0.15, 0.2) is 6.10 Å². The zero-order valence-corrected chi connectivity index (χ0v) is 14.0. The first-order valence-electron chi connectivity index (χ1n) is 8.38. The number of benzene rings is 2. The van der Waals surface area contributed by atoms with Gasteiger partial charge in [-0.1, -0.05) is 42.5 Å². The third-order valence-electron chi connectivity index (χ3n) is 4.48. The van der Waals surface area contributed by atoms with Crippen molar-refractivity contribution in [2.24, 2.45) is 5.92 Å². The van der Waals surface area contributed by atoms with E-state index in [1.807, 2.05) is 54.6 Å². The van der Waals surface area contributed by atoms with E-state index >= 15 is 0 Å². The molecule has 25 heavy (non-hydrogen) atoms. The molecule has 1 amide bonds. The Morgan fingerprint density at radius 2 is 1.64 bits per heavy atom. The molecule has 0 spiro atoms. The molecular weight excluding hydrogens is 318 g/mol. The second-order valence-corrected chi connectivity index (χ2v) is 6.36. The predicted octanol–water partition coefficient (Wildman–Crippen LogP) is 3.10. The number of hydrogen-bond donors (Lipinski definition) is 2. The summed E-state index contributed by atoms with van der Waals surface area (Å²) in [4.78, 5) is 22.9. The maximum atomic E-state index is 12.1. The fraction of sp³-hybridized carbons (Fsp3) is 0.300. The molecule has 0 bridgehead atoms. The second-order valence-electron chi connectivity index (χ2n) is 6.36. The van der Waals surface area contributed by atoms with Gasteiger partial charge < -0.3 is 15.2 Å². The van der Waals surface area contributed by atoms with Gasteiger partial charge >= 0.3 is 5.97 Å². The Labute approximate surface area is 146 Å². The molecule has 0 aromatic heterocycles. The first kappa shape index (κ1) is 17.0. The van der Waals surface area contributed by atoms with Crippen LogP contribution < -0.4 is 10.1 Å². The van der Waals surface area contributed by atoms with Crippen LogP contribution in [0.15, 0.2) is 54.6 Å². The highest BCUT2D eigenvalue weighted by Gasteiger charge is 2.36. The van der Waals surface area contributed by atoms with Gasteiger partial charge in [0.2, 0.25) is 0 Å². The van der Waals surface area contributed by atoms with Crippen LogP contribution in [-0.4, -0.2) is 29.1 Å². The van der Waals surface area contributed by atoms with Crippen molar-refractivity contribution >= 4 is 11.9 Å². The summed E-state index contributed by atoms with van der Waals surface area (Å²) in [6.45, 7) is 1.69. The number of hydrogen-bond acceptors (Lipinski definition) is 3. The van der Waals surface area contributed by atoms with E-state index in [9.17, 15) is 9.59 Å². The fourth-order valence-electron chi connectivity index (χ4n) is 2.87. The van der Waals surface area contributed by atoms with Crippen molar-refractivity contribution in [3.63, 3.8) is 0 Å². The van der Waals surface area contributed by atoms with Crippen LogP contribution in [0.2, 0.25) is 0 Å². The van der Waals surface area contributed by atoms with Crippen LogP contribution in [-0.2, 0) is 9.59 Å². The van der Waals surface area contributed by atoms with E-state index in [-0.39, 0.29) is 17.9 Å². The molecule has 1 atom stereocenters. The van der Waals surface area contributed by atoms with Gasteiger partial charge in [-0.05, 0) is 43.0 Å². The van der Waals surface area contributed by atoms with E-state index in [1.54, 1.807) is 6.92 Å². The molecule has 1 fully saturated rings. The molecule has 5 nitrogen and oxygen atoms in total. The molecule has 1 saturated carbocycles. The number of nitrogens with one attached hydrogen (secondary N) is 1. The van der Waals surface area contributed by atoms with Gasteiger partial charge in [0, 0.05) is 6.04 Å². The summed E-state index contributed by atoms with van der Waals surface area (Å²) in [5, 5.41) is 11.7. The van der Waals surface area contributed by atoms with Gasteiger partial charge in [-0.25, -0.2) is 0 Å². The van der Waals surface area contributed by atoms with E-state index < -0.39 is 12.1 Å². The van der Waals surface area contributed by atoms with E-state index in [2.05, 4.69) is 5.32 Å². The Morgan fingerprint density at radius 1 is 1.04 bits per heavy atom. The molecule has 2 aromatic rings. The molecule has 2 aromatic carbocycles. The Bertz CT molecular complexity index is 736. The van der Waals surface area contributed by atoms with Gasteiger partial charge in [-0.2, -0.15) is 0 Å². The second kappa shape index (κ2) is 7.38. The summed E-state index contributed by atoms with van der Waals surface area (Å²) < 4.78 is 5.68. The topological polar surface area (TPSA) is 75.6 Å². The first-order valence-corrected chi connectivity index (χ1v) is 8.38. The zero-order valence-electron chi connectivity index (χ0n) is 14.0. The summed E-state index contributed by atoms with van der Waals surface area (Å²) in [6, 6.07) is 17.6. The number of carboxylic acid groups (broad SMARTS) is 1. The standard InChI is InChI=1S/C20H21NO4/c1-13(19(22)21-17-11-16(12-17)20(23)24)25-18-9-7-15(8-10-18)14-5-3-2-4-6-14/h2-10,13,16-17H,11-12H2,1H3,(H,21,22)(H,23,24). The smallest absolute Gasteiger partial charge is 0.306 e. The van der Waals surface area contributed by atoms with Crippen LogP contribution in [0.25, 0.3) is 11.1 Å². The van der Waals surface area contributed by atoms with E-state index in [1.165, 1.54) is 0 Å². The summed E-state index contributed by atoms with van der Waals surface area (Å²) in [5.74, 6) is -0.735.